The SMILES string of the molecule is O=C(O)CCC1CCCN(C(=O)Nc2ccccc2I)C1. The van der Waals surface area contributed by atoms with E-state index in [-0.39, 0.29) is 18.4 Å². The van der Waals surface area contributed by atoms with Crippen molar-refractivity contribution < 1.29 is 14.7 Å². The van der Waals surface area contributed by atoms with Crippen molar-refractivity contribution in [3.63, 3.8) is 0 Å². The average molecular weight is 402 g/mol. The highest BCUT2D eigenvalue weighted by atomic mass is 127. The molecule has 5 nitrogen and oxygen atoms in total. The number of benzene rings is 1. The van der Waals surface area contributed by atoms with Crippen molar-refractivity contribution in [1.29, 1.82) is 0 Å². The van der Waals surface area contributed by atoms with Crippen molar-refractivity contribution in [2.24, 2.45) is 5.92 Å². The molecule has 1 unspecified atom stereocenters. The number of rotatable bonds is 4. The van der Waals surface area contributed by atoms with Crippen molar-refractivity contribution in [3.8, 4) is 0 Å². The average Bonchev–Trinajstić information content (AvgIpc) is 2.48. The van der Waals surface area contributed by atoms with Crippen LogP contribution in [0.3, 0.4) is 0 Å². The second kappa shape index (κ2) is 7.63. The Balaban J connectivity index is 1.90. The number of carbonyl (C=O) groups is 2. The van der Waals surface area contributed by atoms with Gasteiger partial charge in [-0.15, -0.1) is 0 Å². The van der Waals surface area contributed by atoms with Gasteiger partial charge in [0.2, 0.25) is 0 Å². The molecule has 0 bridgehead atoms. The van der Waals surface area contributed by atoms with Crippen LogP contribution in [0.1, 0.15) is 25.7 Å². The molecule has 2 N–H and O–H groups in total. The first-order chi connectivity index (χ1) is 10.1. The number of halogens is 1. The van der Waals surface area contributed by atoms with Gasteiger partial charge in [-0.1, -0.05) is 12.1 Å². The topological polar surface area (TPSA) is 69.6 Å². The van der Waals surface area contributed by atoms with Gasteiger partial charge in [-0.05, 0) is 59.9 Å². The number of carbonyl (C=O) groups excluding carboxylic acids is 1. The monoisotopic (exact) mass is 402 g/mol. The normalized spacial score (nSPS) is 18.3. The summed E-state index contributed by atoms with van der Waals surface area (Å²) in [5.74, 6) is -0.481. The summed E-state index contributed by atoms with van der Waals surface area (Å²) in [6, 6.07) is 7.55. The molecule has 0 saturated carbocycles. The third-order valence-electron chi connectivity index (χ3n) is 3.69. The molecule has 0 aliphatic carbocycles. The number of aliphatic carboxylic acids is 1. The Hall–Kier alpha value is -1.31. The van der Waals surface area contributed by atoms with Crippen LogP contribution in [0, 0.1) is 9.49 Å². The number of hydrogen-bond acceptors (Lipinski definition) is 2. The largest absolute Gasteiger partial charge is 0.481 e. The van der Waals surface area contributed by atoms with Crippen LogP contribution in [0.25, 0.3) is 0 Å². The van der Waals surface area contributed by atoms with E-state index in [9.17, 15) is 9.59 Å². The second-order valence-electron chi connectivity index (χ2n) is 5.30. The number of amides is 2. The lowest BCUT2D eigenvalue weighted by Crippen LogP contribution is -2.42. The Morgan fingerprint density at radius 2 is 2.14 bits per heavy atom. The number of piperidine rings is 1. The molecule has 0 spiro atoms. The fourth-order valence-corrected chi connectivity index (χ4v) is 3.09. The number of anilines is 1. The molecule has 1 fully saturated rings. The molecular formula is C15H19IN2O3. The van der Waals surface area contributed by atoms with E-state index in [0.29, 0.717) is 13.0 Å². The van der Waals surface area contributed by atoms with Gasteiger partial charge in [-0.2, -0.15) is 0 Å². The van der Waals surface area contributed by atoms with Gasteiger partial charge in [-0.25, -0.2) is 4.79 Å². The number of para-hydroxylation sites is 1. The molecule has 21 heavy (non-hydrogen) atoms. The molecule has 1 saturated heterocycles. The first-order valence-corrected chi connectivity index (χ1v) is 8.16. The van der Waals surface area contributed by atoms with Crippen molar-refractivity contribution in [2.45, 2.75) is 25.7 Å². The summed E-state index contributed by atoms with van der Waals surface area (Å²) in [6.45, 7) is 1.38. The summed E-state index contributed by atoms with van der Waals surface area (Å²) >= 11 is 2.19. The van der Waals surface area contributed by atoms with Gasteiger partial charge >= 0.3 is 12.0 Å². The van der Waals surface area contributed by atoms with Crippen LogP contribution < -0.4 is 5.32 Å². The van der Waals surface area contributed by atoms with Crippen LogP contribution in [0.2, 0.25) is 0 Å². The van der Waals surface area contributed by atoms with Crippen molar-refractivity contribution in [1.82, 2.24) is 4.90 Å². The number of nitrogens with one attached hydrogen (secondary N) is 1. The highest BCUT2D eigenvalue weighted by molar-refractivity contribution is 14.1. The molecule has 1 aliphatic heterocycles. The van der Waals surface area contributed by atoms with Gasteiger partial charge in [0.25, 0.3) is 0 Å². The van der Waals surface area contributed by atoms with E-state index in [4.69, 9.17) is 5.11 Å². The molecular weight excluding hydrogens is 383 g/mol. The summed E-state index contributed by atoms with van der Waals surface area (Å²) in [5, 5.41) is 11.7. The standard InChI is InChI=1S/C15H19IN2O3/c16-12-5-1-2-6-13(12)17-15(21)18-9-3-4-11(10-18)7-8-14(19)20/h1-2,5-6,11H,3-4,7-10H2,(H,17,21)(H,19,20). The van der Waals surface area contributed by atoms with E-state index in [1.807, 2.05) is 24.3 Å². The first kappa shape index (κ1) is 16.1. The van der Waals surface area contributed by atoms with E-state index in [2.05, 4.69) is 27.9 Å². The molecule has 0 aromatic heterocycles. The lowest BCUT2D eigenvalue weighted by atomic mass is 9.93. The minimum atomic E-state index is -0.768. The highest BCUT2D eigenvalue weighted by Crippen LogP contribution is 2.23. The number of carboxylic acids is 1. The maximum Gasteiger partial charge on any atom is 0.321 e. The number of nitrogens with zero attached hydrogens (tertiary/aromatic N) is 1. The van der Waals surface area contributed by atoms with Gasteiger partial charge in [0.1, 0.15) is 0 Å². The molecule has 114 valence electrons. The zero-order valence-electron chi connectivity index (χ0n) is 11.7. The number of hydrogen-bond donors (Lipinski definition) is 2. The molecule has 1 aromatic rings. The number of likely N-dealkylation sites (tertiary alicyclic amines) is 1. The molecule has 1 atom stereocenters. The van der Waals surface area contributed by atoms with Gasteiger partial charge < -0.3 is 15.3 Å². The van der Waals surface area contributed by atoms with Crippen LogP contribution in [0.5, 0.6) is 0 Å². The summed E-state index contributed by atoms with van der Waals surface area (Å²) in [5.41, 5.74) is 0.816. The van der Waals surface area contributed by atoms with Gasteiger partial charge in [-0.3, -0.25) is 4.79 Å². The zero-order chi connectivity index (χ0) is 15.2. The molecule has 0 radical (unpaired) electrons. The fraction of sp³-hybridized carbons (Fsp3) is 0.467. The molecule has 2 amide bonds. The van der Waals surface area contributed by atoms with E-state index in [1.165, 1.54) is 0 Å². The second-order valence-corrected chi connectivity index (χ2v) is 6.46. The van der Waals surface area contributed by atoms with Gasteiger partial charge in [0.05, 0.1) is 5.69 Å². The maximum absolute atomic E-state index is 12.3. The summed E-state index contributed by atoms with van der Waals surface area (Å²) < 4.78 is 1.00. The minimum Gasteiger partial charge on any atom is -0.481 e. The van der Waals surface area contributed by atoms with Crippen LogP contribution in [0.4, 0.5) is 10.5 Å². The van der Waals surface area contributed by atoms with Crippen LogP contribution in [-0.4, -0.2) is 35.1 Å². The number of carboxylic acid groups (broad SMARTS) is 1. The molecule has 1 aromatic carbocycles. The Morgan fingerprint density at radius 1 is 1.38 bits per heavy atom. The lowest BCUT2D eigenvalue weighted by molar-refractivity contribution is -0.137. The third-order valence-corrected chi connectivity index (χ3v) is 4.63. The number of urea groups is 1. The highest BCUT2D eigenvalue weighted by Gasteiger charge is 2.24. The summed E-state index contributed by atoms with van der Waals surface area (Å²) in [7, 11) is 0. The minimum absolute atomic E-state index is 0.0980. The Morgan fingerprint density at radius 3 is 2.86 bits per heavy atom. The summed E-state index contributed by atoms with van der Waals surface area (Å²) in [4.78, 5) is 24.7. The molecule has 2 rings (SSSR count). The van der Waals surface area contributed by atoms with Gasteiger partial charge in [0.15, 0.2) is 0 Å². The Kier molecular flexibility index (Phi) is 5.84. The van der Waals surface area contributed by atoms with E-state index in [1.54, 1.807) is 4.90 Å². The van der Waals surface area contributed by atoms with Crippen LogP contribution in [0.15, 0.2) is 24.3 Å². The van der Waals surface area contributed by atoms with Crippen LogP contribution >= 0.6 is 22.6 Å². The quantitative estimate of drug-likeness (QED) is 0.759. The Labute approximate surface area is 137 Å². The Bertz CT molecular complexity index is 521. The smallest absolute Gasteiger partial charge is 0.321 e. The van der Waals surface area contributed by atoms with Crippen molar-refractivity contribution in [2.75, 3.05) is 18.4 Å². The predicted octanol–water partition coefficient (Wildman–Crippen LogP) is 3.40. The molecule has 6 heteroatoms. The maximum atomic E-state index is 12.3. The first-order valence-electron chi connectivity index (χ1n) is 7.08. The zero-order valence-corrected chi connectivity index (χ0v) is 13.9. The molecule has 1 heterocycles. The molecule has 1 aliphatic rings. The van der Waals surface area contributed by atoms with Crippen molar-refractivity contribution in [3.05, 3.63) is 27.8 Å². The predicted molar refractivity (Wildman–Crippen MR) is 89.3 cm³/mol. The fourth-order valence-electron chi connectivity index (χ4n) is 2.57. The summed E-state index contributed by atoms with van der Waals surface area (Å²) in [6.07, 6.45) is 2.75. The van der Waals surface area contributed by atoms with Crippen LogP contribution in [-0.2, 0) is 4.79 Å². The van der Waals surface area contributed by atoms with E-state index in [0.717, 1.165) is 28.6 Å². The van der Waals surface area contributed by atoms with E-state index < -0.39 is 5.97 Å². The van der Waals surface area contributed by atoms with Crippen molar-refractivity contribution >= 4 is 40.3 Å². The lowest BCUT2D eigenvalue weighted by Gasteiger charge is -2.32. The van der Waals surface area contributed by atoms with E-state index >= 15 is 0 Å². The third kappa shape index (κ3) is 4.87. The van der Waals surface area contributed by atoms with Gasteiger partial charge in [0, 0.05) is 23.1 Å².